The first-order valence-corrected chi connectivity index (χ1v) is 8.40. The highest BCUT2D eigenvalue weighted by atomic mass is 32.1. The SMILES string of the molecule is COc1cccc(C(=O)Nc2nc3ccc(-c4cn[nH]c4)cc3s2)c1. The number of anilines is 1. The molecule has 0 aliphatic carbocycles. The number of ether oxygens (including phenoxy) is 1. The smallest absolute Gasteiger partial charge is 0.257 e. The predicted octanol–water partition coefficient (Wildman–Crippen LogP) is 3.95. The van der Waals surface area contributed by atoms with E-state index in [1.165, 1.54) is 11.3 Å². The van der Waals surface area contributed by atoms with Gasteiger partial charge in [0.2, 0.25) is 0 Å². The Bertz CT molecular complexity index is 1040. The summed E-state index contributed by atoms with van der Waals surface area (Å²) in [6, 6.07) is 13.0. The first-order valence-electron chi connectivity index (χ1n) is 7.58. The maximum atomic E-state index is 12.4. The molecule has 0 saturated carbocycles. The van der Waals surface area contributed by atoms with Crippen molar-refractivity contribution in [2.75, 3.05) is 12.4 Å². The number of nitrogens with zero attached hydrogens (tertiary/aromatic N) is 2. The van der Waals surface area contributed by atoms with Crippen molar-refractivity contribution < 1.29 is 9.53 Å². The third-order valence-corrected chi connectivity index (χ3v) is 4.71. The summed E-state index contributed by atoms with van der Waals surface area (Å²) in [6.45, 7) is 0. The molecule has 0 radical (unpaired) electrons. The van der Waals surface area contributed by atoms with Gasteiger partial charge in [-0.3, -0.25) is 15.2 Å². The Kier molecular flexibility index (Phi) is 3.91. The van der Waals surface area contributed by atoms with Crippen LogP contribution in [0.3, 0.4) is 0 Å². The molecule has 4 aromatic rings. The van der Waals surface area contributed by atoms with Crippen molar-refractivity contribution in [1.82, 2.24) is 15.2 Å². The summed E-state index contributed by atoms with van der Waals surface area (Å²) in [7, 11) is 1.57. The zero-order valence-electron chi connectivity index (χ0n) is 13.3. The van der Waals surface area contributed by atoms with E-state index in [1.54, 1.807) is 37.6 Å². The molecule has 0 fully saturated rings. The number of nitrogens with one attached hydrogen (secondary N) is 2. The molecular formula is C18H14N4O2S. The Morgan fingerprint density at radius 2 is 2.12 bits per heavy atom. The second-order valence-corrected chi connectivity index (χ2v) is 6.41. The van der Waals surface area contributed by atoms with Crippen molar-refractivity contribution in [3.8, 4) is 16.9 Å². The number of hydrogen-bond donors (Lipinski definition) is 2. The lowest BCUT2D eigenvalue weighted by molar-refractivity contribution is 0.102. The number of hydrogen-bond acceptors (Lipinski definition) is 5. The van der Waals surface area contributed by atoms with Crippen LogP contribution in [0, 0.1) is 0 Å². The maximum Gasteiger partial charge on any atom is 0.257 e. The minimum absolute atomic E-state index is 0.215. The minimum Gasteiger partial charge on any atom is -0.497 e. The minimum atomic E-state index is -0.215. The fraction of sp³-hybridized carbons (Fsp3) is 0.0556. The van der Waals surface area contributed by atoms with E-state index in [4.69, 9.17) is 4.74 Å². The molecule has 1 amide bonds. The number of aromatic amines is 1. The number of aromatic nitrogens is 3. The van der Waals surface area contributed by atoms with Crippen LogP contribution < -0.4 is 10.1 Å². The summed E-state index contributed by atoms with van der Waals surface area (Å²) in [5.74, 6) is 0.426. The number of rotatable bonds is 4. The molecule has 2 aromatic heterocycles. The van der Waals surface area contributed by atoms with Crippen LogP contribution in [-0.2, 0) is 0 Å². The lowest BCUT2D eigenvalue weighted by atomic mass is 10.1. The van der Waals surface area contributed by atoms with E-state index in [0.29, 0.717) is 16.4 Å². The Morgan fingerprint density at radius 1 is 1.20 bits per heavy atom. The number of carbonyl (C=O) groups is 1. The molecule has 2 N–H and O–H groups in total. The molecule has 0 atom stereocenters. The quantitative estimate of drug-likeness (QED) is 0.584. The monoisotopic (exact) mass is 350 g/mol. The summed E-state index contributed by atoms with van der Waals surface area (Å²) in [4.78, 5) is 16.9. The second kappa shape index (κ2) is 6.37. The van der Waals surface area contributed by atoms with Crippen LogP contribution >= 0.6 is 11.3 Å². The standard InChI is InChI=1S/C18H14N4O2S/c1-24-14-4-2-3-12(7-14)17(23)22-18-21-15-6-5-11(8-16(15)25-18)13-9-19-20-10-13/h2-10H,1H3,(H,19,20)(H,21,22,23). The number of fused-ring (bicyclic) bond motifs is 1. The molecule has 2 heterocycles. The van der Waals surface area contributed by atoms with Crippen LogP contribution in [0.15, 0.2) is 54.9 Å². The fourth-order valence-corrected chi connectivity index (χ4v) is 3.40. The molecule has 4 rings (SSSR count). The van der Waals surface area contributed by atoms with Gasteiger partial charge < -0.3 is 4.74 Å². The van der Waals surface area contributed by atoms with E-state index in [-0.39, 0.29) is 5.91 Å². The summed E-state index contributed by atoms with van der Waals surface area (Å²) in [5.41, 5.74) is 3.43. The number of thiazole rings is 1. The lowest BCUT2D eigenvalue weighted by Gasteiger charge is -2.03. The highest BCUT2D eigenvalue weighted by Gasteiger charge is 2.11. The molecule has 0 spiro atoms. The molecule has 6 nitrogen and oxygen atoms in total. The summed E-state index contributed by atoms with van der Waals surface area (Å²) in [6.07, 6.45) is 3.61. The third kappa shape index (κ3) is 3.09. The molecule has 0 saturated heterocycles. The van der Waals surface area contributed by atoms with Crippen LogP contribution in [0.25, 0.3) is 21.3 Å². The van der Waals surface area contributed by atoms with Gasteiger partial charge in [0.05, 0.1) is 23.5 Å². The molecule has 0 bridgehead atoms. The lowest BCUT2D eigenvalue weighted by Crippen LogP contribution is -2.11. The van der Waals surface area contributed by atoms with Gasteiger partial charge in [0, 0.05) is 17.3 Å². The van der Waals surface area contributed by atoms with Crippen LogP contribution in [0.1, 0.15) is 10.4 Å². The average molecular weight is 350 g/mol. The number of carbonyl (C=O) groups excluding carboxylic acids is 1. The van der Waals surface area contributed by atoms with Crippen molar-refractivity contribution in [3.05, 3.63) is 60.4 Å². The van der Waals surface area contributed by atoms with Crippen LogP contribution in [0.4, 0.5) is 5.13 Å². The Morgan fingerprint density at radius 3 is 2.92 bits per heavy atom. The summed E-state index contributed by atoms with van der Waals surface area (Å²) in [5, 5.41) is 10.2. The normalized spacial score (nSPS) is 10.8. The molecule has 0 unspecified atom stereocenters. The van der Waals surface area contributed by atoms with Gasteiger partial charge in [-0.1, -0.05) is 23.5 Å². The molecule has 25 heavy (non-hydrogen) atoms. The van der Waals surface area contributed by atoms with E-state index < -0.39 is 0 Å². The number of benzene rings is 2. The number of methoxy groups -OCH3 is 1. The van der Waals surface area contributed by atoms with Crippen LogP contribution in [0.2, 0.25) is 0 Å². The van der Waals surface area contributed by atoms with Gasteiger partial charge in [-0.05, 0) is 35.9 Å². The van der Waals surface area contributed by atoms with Gasteiger partial charge in [-0.2, -0.15) is 5.10 Å². The maximum absolute atomic E-state index is 12.4. The molecular weight excluding hydrogens is 336 g/mol. The van der Waals surface area contributed by atoms with Crippen molar-refractivity contribution in [3.63, 3.8) is 0 Å². The van der Waals surface area contributed by atoms with E-state index in [0.717, 1.165) is 21.3 Å². The van der Waals surface area contributed by atoms with Gasteiger partial charge in [-0.15, -0.1) is 0 Å². The van der Waals surface area contributed by atoms with Crippen molar-refractivity contribution in [2.24, 2.45) is 0 Å². The first-order chi connectivity index (χ1) is 12.2. The van der Waals surface area contributed by atoms with Crippen molar-refractivity contribution >= 4 is 32.6 Å². The largest absolute Gasteiger partial charge is 0.497 e. The summed E-state index contributed by atoms with van der Waals surface area (Å²) < 4.78 is 6.15. The zero-order chi connectivity index (χ0) is 17.2. The number of H-pyrrole nitrogens is 1. The zero-order valence-corrected chi connectivity index (χ0v) is 14.1. The molecule has 0 aliphatic rings. The van der Waals surface area contributed by atoms with Crippen molar-refractivity contribution in [2.45, 2.75) is 0 Å². The molecule has 7 heteroatoms. The van der Waals surface area contributed by atoms with Crippen LogP contribution in [-0.4, -0.2) is 28.2 Å². The predicted molar refractivity (Wildman–Crippen MR) is 98.1 cm³/mol. The van der Waals surface area contributed by atoms with Gasteiger partial charge in [-0.25, -0.2) is 4.98 Å². The van der Waals surface area contributed by atoms with Crippen LogP contribution in [0.5, 0.6) is 5.75 Å². The Labute approximate surface area is 147 Å². The van der Waals surface area contributed by atoms with Gasteiger partial charge in [0.25, 0.3) is 5.91 Å². The highest BCUT2D eigenvalue weighted by Crippen LogP contribution is 2.30. The molecule has 0 aliphatic heterocycles. The van der Waals surface area contributed by atoms with E-state index in [1.807, 2.05) is 24.4 Å². The molecule has 124 valence electrons. The first kappa shape index (κ1) is 15.3. The average Bonchev–Trinajstić information content (AvgIpc) is 3.30. The van der Waals surface area contributed by atoms with Gasteiger partial charge >= 0.3 is 0 Å². The van der Waals surface area contributed by atoms with E-state index in [9.17, 15) is 4.79 Å². The van der Waals surface area contributed by atoms with Gasteiger partial charge in [0.1, 0.15) is 5.75 Å². The Balaban J connectivity index is 1.60. The second-order valence-electron chi connectivity index (χ2n) is 5.37. The topological polar surface area (TPSA) is 79.9 Å². The third-order valence-electron chi connectivity index (χ3n) is 3.77. The highest BCUT2D eigenvalue weighted by molar-refractivity contribution is 7.22. The van der Waals surface area contributed by atoms with E-state index >= 15 is 0 Å². The number of amides is 1. The molecule has 2 aromatic carbocycles. The summed E-state index contributed by atoms with van der Waals surface area (Å²) >= 11 is 1.44. The van der Waals surface area contributed by atoms with E-state index in [2.05, 4.69) is 20.5 Å². The van der Waals surface area contributed by atoms with Gasteiger partial charge in [0.15, 0.2) is 5.13 Å². The fourth-order valence-electron chi connectivity index (χ4n) is 2.50. The Hall–Kier alpha value is -3.19. The van der Waals surface area contributed by atoms with Crippen molar-refractivity contribution in [1.29, 1.82) is 0 Å².